The number of ether oxygens (including phenoxy) is 2. The third-order valence-corrected chi connectivity index (χ3v) is 6.54. The van der Waals surface area contributed by atoms with E-state index in [2.05, 4.69) is 26.6 Å². The number of anilines is 2. The number of imide groups is 2. The molecule has 1 heterocycles. The number of hydrogen-bond acceptors (Lipinski definition) is 6. The molecule has 1 saturated heterocycles. The van der Waals surface area contributed by atoms with Gasteiger partial charge in [-0.05, 0) is 108 Å². The first-order chi connectivity index (χ1) is 18.7. The molecule has 10 heteroatoms. The van der Waals surface area contributed by atoms with E-state index < -0.39 is 17.8 Å². The minimum Gasteiger partial charge on any atom is -0.494 e. The molecule has 0 radical (unpaired) electrons. The van der Waals surface area contributed by atoms with Gasteiger partial charge >= 0.3 is 6.03 Å². The normalized spacial score (nSPS) is 14.3. The van der Waals surface area contributed by atoms with Crippen LogP contribution in [0.1, 0.15) is 23.6 Å². The zero-order valence-corrected chi connectivity index (χ0v) is 23.1. The molecule has 9 nitrogen and oxygen atoms in total. The molecule has 1 aliphatic heterocycles. The molecular formula is C29H26BrN3O6. The number of hydrogen-bond donors (Lipinski definition) is 2. The Labute approximate surface area is 233 Å². The maximum Gasteiger partial charge on any atom is 0.335 e. The fourth-order valence-electron chi connectivity index (χ4n) is 3.80. The van der Waals surface area contributed by atoms with Gasteiger partial charge in [0.2, 0.25) is 0 Å². The molecule has 0 bridgehead atoms. The standard InChI is InChI=1S/C29H26BrN3O6/c1-4-38-22-10-8-21(9-11-22)33-28(36)23(27(35)32-29(33)37)14-19-6-12-25(24(30)15-19)39-16-26(34)31-20-7-5-17(2)18(3)13-20/h5-15H,4,16H2,1-3H3,(H,31,34)(H,32,35,37)/b23-14+. The zero-order chi connectivity index (χ0) is 28.1. The van der Waals surface area contributed by atoms with E-state index >= 15 is 0 Å². The Morgan fingerprint density at radius 3 is 2.38 bits per heavy atom. The third-order valence-electron chi connectivity index (χ3n) is 5.92. The molecule has 2 N–H and O–H groups in total. The van der Waals surface area contributed by atoms with Crippen molar-refractivity contribution in [2.75, 3.05) is 23.4 Å². The predicted octanol–water partition coefficient (Wildman–Crippen LogP) is 5.15. The van der Waals surface area contributed by atoms with E-state index in [0.29, 0.717) is 39.5 Å². The van der Waals surface area contributed by atoms with E-state index in [-0.39, 0.29) is 18.1 Å². The summed E-state index contributed by atoms with van der Waals surface area (Å²) in [4.78, 5) is 51.3. The van der Waals surface area contributed by atoms with Crippen LogP contribution in [0.15, 0.2) is 70.7 Å². The van der Waals surface area contributed by atoms with E-state index in [9.17, 15) is 19.2 Å². The summed E-state index contributed by atoms with van der Waals surface area (Å²) in [6.45, 7) is 6.07. The monoisotopic (exact) mass is 591 g/mol. The lowest BCUT2D eigenvalue weighted by molar-refractivity contribution is -0.122. The van der Waals surface area contributed by atoms with E-state index in [1.165, 1.54) is 6.08 Å². The number of nitrogens with one attached hydrogen (secondary N) is 2. The van der Waals surface area contributed by atoms with Crippen molar-refractivity contribution in [2.24, 2.45) is 0 Å². The zero-order valence-electron chi connectivity index (χ0n) is 21.5. The number of rotatable bonds is 8. The summed E-state index contributed by atoms with van der Waals surface area (Å²) in [6.07, 6.45) is 1.38. The van der Waals surface area contributed by atoms with Crippen LogP contribution in [0.5, 0.6) is 11.5 Å². The van der Waals surface area contributed by atoms with Gasteiger partial charge in [-0.15, -0.1) is 0 Å². The average molecular weight is 592 g/mol. The van der Waals surface area contributed by atoms with Crippen LogP contribution in [0.25, 0.3) is 6.08 Å². The fourth-order valence-corrected chi connectivity index (χ4v) is 4.31. The number of urea groups is 1. The number of nitrogens with zero attached hydrogens (tertiary/aromatic N) is 1. The van der Waals surface area contributed by atoms with Crippen molar-refractivity contribution in [3.63, 3.8) is 0 Å². The molecule has 3 aromatic rings. The van der Waals surface area contributed by atoms with Crippen LogP contribution in [-0.2, 0) is 14.4 Å². The summed E-state index contributed by atoms with van der Waals surface area (Å²) in [7, 11) is 0. The summed E-state index contributed by atoms with van der Waals surface area (Å²) in [5.74, 6) is -0.885. The Hall–Kier alpha value is -4.44. The first-order valence-corrected chi connectivity index (χ1v) is 12.9. The number of carbonyl (C=O) groups excluding carboxylic acids is 4. The number of halogens is 1. The van der Waals surface area contributed by atoms with Gasteiger partial charge in [-0.25, -0.2) is 9.69 Å². The second-order valence-corrected chi connectivity index (χ2v) is 9.56. The van der Waals surface area contributed by atoms with Gasteiger partial charge in [-0.1, -0.05) is 12.1 Å². The Balaban J connectivity index is 1.46. The molecule has 0 saturated carbocycles. The smallest absolute Gasteiger partial charge is 0.335 e. The highest BCUT2D eigenvalue weighted by Gasteiger charge is 2.36. The summed E-state index contributed by atoms with van der Waals surface area (Å²) in [5, 5.41) is 5.00. The number of barbiturate groups is 1. The topological polar surface area (TPSA) is 114 Å². The first-order valence-electron chi connectivity index (χ1n) is 12.1. The highest BCUT2D eigenvalue weighted by molar-refractivity contribution is 9.10. The van der Waals surface area contributed by atoms with Crippen LogP contribution in [0.4, 0.5) is 16.2 Å². The minimum absolute atomic E-state index is 0.211. The number of benzene rings is 3. The molecular weight excluding hydrogens is 566 g/mol. The maximum atomic E-state index is 13.1. The second-order valence-electron chi connectivity index (χ2n) is 8.71. The average Bonchev–Trinajstić information content (AvgIpc) is 2.89. The summed E-state index contributed by atoms with van der Waals surface area (Å²) in [5.41, 5.74) is 3.47. The first kappa shape index (κ1) is 27.6. The van der Waals surface area contributed by atoms with Crippen LogP contribution in [0, 0.1) is 13.8 Å². The Morgan fingerprint density at radius 2 is 1.72 bits per heavy atom. The predicted molar refractivity (Wildman–Crippen MR) is 151 cm³/mol. The van der Waals surface area contributed by atoms with Gasteiger partial charge in [0.1, 0.15) is 17.1 Å². The Morgan fingerprint density at radius 1 is 0.974 bits per heavy atom. The summed E-state index contributed by atoms with van der Waals surface area (Å²) in [6, 6.07) is 16.1. The SMILES string of the molecule is CCOc1ccc(N2C(=O)NC(=O)/C(=C\c3ccc(OCC(=O)Nc4ccc(C)c(C)c4)c(Br)c3)C2=O)cc1. The van der Waals surface area contributed by atoms with Gasteiger partial charge in [0.05, 0.1) is 16.8 Å². The van der Waals surface area contributed by atoms with E-state index in [4.69, 9.17) is 9.47 Å². The van der Waals surface area contributed by atoms with Crippen LogP contribution in [0.2, 0.25) is 0 Å². The number of amides is 5. The van der Waals surface area contributed by atoms with Crippen molar-refractivity contribution in [3.8, 4) is 11.5 Å². The highest BCUT2D eigenvalue weighted by Crippen LogP contribution is 2.29. The van der Waals surface area contributed by atoms with Crippen LogP contribution < -0.4 is 25.0 Å². The van der Waals surface area contributed by atoms with E-state index in [0.717, 1.165) is 16.0 Å². The van der Waals surface area contributed by atoms with Crippen molar-refractivity contribution in [1.29, 1.82) is 0 Å². The molecule has 0 aromatic heterocycles. The van der Waals surface area contributed by atoms with Gasteiger partial charge < -0.3 is 14.8 Å². The van der Waals surface area contributed by atoms with Crippen LogP contribution in [0.3, 0.4) is 0 Å². The van der Waals surface area contributed by atoms with E-state index in [1.54, 1.807) is 42.5 Å². The van der Waals surface area contributed by atoms with Gasteiger partial charge in [-0.2, -0.15) is 0 Å². The lowest BCUT2D eigenvalue weighted by atomic mass is 10.1. The molecule has 1 aliphatic rings. The molecule has 0 spiro atoms. The number of carbonyl (C=O) groups is 4. The molecule has 5 amide bonds. The van der Waals surface area contributed by atoms with Gasteiger partial charge in [0.15, 0.2) is 6.61 Å². The van der Waals surface area contributed by atoms with Gasteiger partial charge in [-0.3, -0.25) is 19.7 Å². The van der Waals surface area contributed by atoms with Crippen molar-refractivity contribution in [1.82, 2.24) is 5.32 Å². The van der Waals surface area contributed by atoms with Crippen molar-refractivity contribution < 1.29 is 28.7 Å². The lowest BCUT2D eigenvalue weighted by Crippen LogP contribution is -2.54. The molecule has 39 heavy (non-hydrogen) atoms. The Kier molecular flexibility index (Phi) is 8.46. The quantitative estimate of drug-likeness (QED) is 0.277. The van der Waals surface area contributed by atoms with Crippen molar-refractivity contribution in [3.05, 3.63) is 87.4 Å². The molecule has 200 valence electrons. The minimum atomic E-state index is -0.838. The third kappa shape index (κ3) is 6.53. The summed E-state index contributed by atoms with van der Waals surface area (Å²) >= 11 is 3.41. The van der Waals surface area contributed by atoms with Gasteiger partial charge in [0.25, 0.3) is 17.7 Å². The molecule has 0 aliphatic carbocycles. The second kappa shape index (κ2) is 12.0. The molecule has 0 atom stereocenters. The van der Waals surface area contributed by atoms with Crippen LogP contribution >= 0.6 is 15.9 Å². The maximum absolute atomic E-state index is 13.1. The van der Waals surface area contributed by atoms with Crippen LogP contribution in [-0.4, -0.2) is 37.0 Å². The van der Waals surface area contributed by atoms with E-state index in [1.807, 2.05) is 39.0 Å². The van der Waals surface area contributed by atoms with Crippen molar-refractivity contribution in [2.45, 2.75) is 20.8 Å². The highest BCUT2D eigenvalue weighted by atomic mass is 79.9. The molecule has 4 rings (SSSR count). The van der Waals surface area contributed by atoms with Crippen molar-refractivity contribution >= 4 is 57.1 Å². The summed E-state index contributed by atoms with van der Waals surface area (Å²) < 4.78 is 11.6. The molecule has 1 fully saturated rings. The largest absolute Gasteiger partial charge is 0.494 e. The fraction of sp³-hybridized carbons (Fsp3) is 0.172. The number of aryl methyl sites for hydroxylation is 2. The van der Waals surface area contributed by atoms with Gasteiger partial charge in [0, 0.05) is 5.69 Å². The Bertz CT molecular complexity index is 1480. The molecule has 0 unspecified atom stereocenters. The lowest BCUT2D eigenvalue weighted by Gasteiger charge is -2.26. The molecule has 3 aromatic carbocycles.